The largest absolute Gasteiger partial charge is 0.389 e. The molecule has 2 aliphatic heterocycles. The van der Waals surface area contributed by atoms with Gasteiger partial charge < -0.3 is 20.6 Å². The van der Waals surface area contributed by atoms with Gasteiger partial charge in [0.15, 0.2) is 0 Å². The zero-order valence-corrected chi connectivity index (χ0v) is 18.2. The van der Waals surface area contributed by atoms with Crippen LogP contribution in [0.2, 0.25) is 0 Å². The van der Waals surface area contributed by atoms with E-state index < -0.39 is 12.0 Å². The molecule has 3 aromatic carbocycles. The van der Waals surface area contributed by atoms with Crippen LogP contribution < -0.4 is 5.73 Å². The highest BCUT2D eigenvalue weighted by Crippen LogP contribution is 2.42. The van der Waals surface area contributed by atoms with Crippen molar-refractivity contribution in [2.24, 2.45) is 5.73 Å². The number of hydrogen-bond acceptors (Lipinski definition) is 3. The van der Waals surface area contributed by atoms with Crippen molar-refractivity contribution >= 4 is 11.9 Å². The fourth-order valence-corrected chi connectivity index (χ4v) is 5.03. The summed E-state index contributed by atoms with van der Waals surface area (Å²) >= 11 is 0. The maximum Gasteiger partial charge on any atom is 0.321 e. The van der Waals surface area contributed by atoms with E-state index in [1.54, 1.807) is 28.0 Å². The smallest absolute Gasteiger partial charge is 0.321 e. The van der Waals surface area contributed by atoms with Crippen LogP contribution in [-0.4, -0.2) is 51.1 Å². The molecule has 2 heterocycles. The molecule has 6 nitrogen and oxygen atoms in total. The minimum Gasteiger partial charge on any atom is -0.389 e. The van der Waals surface area contributed by atoms with E-state index >= 15 is 0 Å². The third-order valence-corrected chi connectivity index (χ3v) is 6.73. The van der Waals surface area contributed by atoms with Crippen LogP contribution in [0.25, 0.3) is 0 Å². The standard InChI is InChI=1S/C27H27N3O3/c28-26(32)21-13-7-12-20(14-21)17-29-23(16-19-10-5-2-6-11-19)25(31)24-22(30(24)27(29)33)15-18-8-3-1-4-9-18/h1-14,22-25,31H,15-17H2,(H2,28,32)/t22-,23-,24-,25+,30?/m1/s1. The average Bonchev–Trinajstić information content (AvgIpc) is 3.55. The van der Waals surface area contributed by atoms with Gasteiger partial charge in [-0.15, -0.1) is 0 Å². The van der Waals surface area contributed by atoms with E-state index in [4.69, 9.17) is 5.73 Å². The molecule has 0 bridgehead atoms. The van der Waals surface area contributed by atoms with Crippen molar-refractivity contribution in [1.82, 2.24) is 9.80 Å². The highest BCUT2D eigenvalue weighted by molar-refractivity contribution is 5.92. The molecule has 6 heteroatoms. The summed E-state index contributed by atoms with van der Waals surface area (Å²) in [5.74, 6) is -0.503. The van der Waals surface area contributed by atoms with E-state index in [0.717, 1.165) is 23.1 Å². The second-order valence-corrected chi connectivity index (χ2v) is 8.88. The third kappa shape index (κ3) is 4.22. The number of primary amides is 1. The van der Waals surface area contributed by atoms with Crippen molar-refractivity contribution in [2.75, 3.05) is 0 Å². The first-order chi connectivity index (χ1) is 16.0. The average molecular weight is 442 g/mol. The molecule has 168 valence electrons. The number of carbonyl (C=O) groups excluding carboxylic acids is 2. The topological polar surface area (TPSA) is 86.6 Å². The molecule has 3 aromatic rings. The molecule has 3 N–H and O–H groups in total. The van der Waals surface area contributed by atoms with Gasteiger partial charge >= 0.3 is 6.03 Å². The monoisotopic (exact) mass is 441 g/mol. The Kier molecular flexibility index (Phi) is 5.60. The van der Waals surface area contributed by atoms with Crippen molar-refractivity contribution in [3.63, 3.8) is 0 Å². The van der Waals surface area contributed by atoms with E-state index in [-0.39, 0.29) is 24.2 Å². The molecule has 2 aliphatic rings. The Balaban J connectivity index is 1.43. The Morgan fingerprint density at radius 2 is 1.39 bits per heavy atom. The summed E-state index contributed by atoms with van der Waals surface area (Å²) in [6.07, 6.45) is 0.610. The van der Waals surface area contributed by atoms with Gasteiger partial charge in [-0.25, -0.2) is 4.79 Å². The Hall–Kier alpha value is -3.64. The zero-order chi connectivity index (χ0) is 22.9. The predicted octanol–water partition coefficient (Wildman–Crippen LogP) is 2.99. The number of aliphatic hydroxyl groups is 1. The molecule has 0 aromatic heterocycles. The molecule has 0 radical (unpaired) electrons. The number of fused-ring (bicyclic) bond motifs is 1. The van der Waals surface area contributed by atoms with E-state index in [9.17, 15) is 14.7 Å². The molecular formula is C27H27N3O3. The first-order valence-corrected chi connectivity index (χ1v) is 11.3. The number of carbonyl (C=O) groups is 2. The van der Waals surface area contributed by atoms with E-state index in [1.807, 2.05) is 54.6 Å². The fourth-order valence-electron chi connectivity index (χ4n) is 5.03. The van der Waals surface area contributed by atoms with Gasteiger partial charge in [0.25, 0.3) is 0 Å². The van der Waals surface area contributed by atoms with E-state index in [2.05, 4.69) is 12.1 Å². The van der Waals surface area contributed by atoms with Crippen molar-refractivity contribution in [1.29, 1.82) is 0 Å². The second-order valence-electron chi connectivity index (χ2n) is 8.88. The van der Waals surface area contributed by atoms with Crippen LogP contribution in [0.3, 0.4) is 0 Å². The number of urea groups is 1. The van der Waals surface area contributed by atoms with Crippen molar-refractivity contribution in [3.8, 4) is 0 Å². The first-order valence-electron chi connectivity index (χ1n) is 11.3. The van der Waals surface area contributed by atoms with Crippen LogP contribution in [0.1, 0.15) is 27.0 Å². The van der Waals surface area contributed by atoms with Crippen LogP contribution in [0.5, 0.6) is 0 Å². The summed E-state index contributed by atoms with van der Waals surface area (Å²) < 4.78 is 0. The summed E-state index contributed by atoms with van der Waals surface area (Å²) in [4.78, 5) is 28.8. The number of benzene rings is 3. The molecule has 4 atom stereocenters. The lowest BCUT2D eigenvalue weighted by atomic mass is 9.94. The van der Waals surface area contributed by atoms with Crippen LogP contribution in [-0.2, 0) is 19.4 Å². The summed E-state index contributed by atoms with van der Waals surface area (Å²) in [5, 5.41) is 11.4. The van der Waals surface area contributed by atoms with Crippen LogP contribution >= 0.6 is 0 Å². The van der Waals surface area contributed by atoms with Gasteiger partial charge in [0.05, 0.1) is 24.2 Å². The lowest BCUT2D eigenvalue weighted by Gasteiger charge is -2.39. The SMILES string of the molecule is NC(=O)c1cccc(CN2C(=O)N3[C@@H]([C@@H](O)[C@H]2Cc2ccccc2)[C@H]3Cc2ccccc2)c1. The van der Waals surface area contributed by atoms with Gasteiger partial charge in [-0.05, 0) is 41.7 Å². The minimum absolute atomic E-state index is 0.0184. The number of hydrogen-bond donors (Lipinski definition) is 2. The lowest BCUT2D eigenvalue weighted by Crippen LogP contribution is -2.56. The van der Waals surface area contributed by atoms with Crippen LogP contribution in [0.4, 0.5) is 4.79 Å². The number of amides is 3. The highest BCUT2D eigenvalue weighted by Gasteiger charge is 2.62. The maximum absolute atomic E-state index is 13.6. The highest BCUT2D eigenvalue weighted by atomic mass is 16.3. The van der Waals surface area contributed by atoms with Gasteiger partial charge in [-0.2, -0.15) is 0 Å². The molecule has 33 heavy (non-hydrogen) atoms. The van der Waals surface area contributed by atoms with Crippen LogP contribution in [0, 0.1) is 0 Å². The van der Waals surface area contributed by atoms with Gasteiger partial charge in [-0.1, -0.05) is 72.8 Å². The van der Waals surface area contributed by atoms with E-state index in [0.29, 0.717) is 18.5 Å². The Morgan fingerprint density at radius 3 is 2.00 bits per heavy atom. The second kappa shape index (κ2) is 8.71. The maximum atomic E-state index is 13.6. The van der Waals surface area contributed by atoms with Gasteiger partial charge in [0, 0.05) is 12.1 Å². The Bertz CT molecular complexity index is 1150. The normalized spacial score (nSPS) is 23.8. The molecule has 3 amide bonds. The molecular weight excluding hydrogens is 414 g/mol. The number of aliphatic hydroxyl groups excluding tert-OH is 1. The summed E-state index contributed by atoms with van der Waals surface area (Å²) in [6, 6.07) is 26.4. The molecule has 5 rings (SSSR count). The third-order valence-electron chi connectivity index (χ3n) is 6.73. The first kappa shape index (κ1) is 21.2. The summed E-state index contributed by atoms with van der Waals surface area (Å²) in [6.45, 7) is 0.301. The molecule has 0 unspecified atom stereocenters. The fraction of sp³-hybridized carbons (Fsp3) is 0.259. The molecule has 2 saturated heterocycles. The van der Waals surface area contributed by atoms with E-state index in [1.165, 1.54) is 0 Å². The van der Waals surface area contributed by atoms with Crippen LogP contribution in [0.15, 0.2) is 84.9 Å². The molecule has 0 saturated carbocycles. The molecule has 0 aliphatic carbocycles. The summed E-state index contributed by atoms with van der Waals surface area (Å²) in [7, 11) is 0. The van der Waals surface area contributed by atoms with Crippen molar-refractivity contribution in [2.45, 2.75) is 43.6 Å². The van der Waals surface area contributed by atoms with Gasteiger partial charge in [0.2, 0.25) is 5.91 Å². The molecule has 2 fully saturated rings. The van der Waals surface area contributed by atoms with Gasteiger partial charge in [-0.3, -0.25) is 4.79 Å². The Labute approximate surface area is 193 Å². The minimum atomic E-state index is -0.670. The molecule has 0 spiro atoms. The quantitative estimate of drug-likeness (QED) is 0.553. The van der Waals surface area contributed by atoms with Crippen molar-refractivity contribution in [3.05, 3.63) is 107 Å². The lowest BCUT2D eigenvalue weighted by molar-refractivity contribution is 0.0269. The van der Waals surface area contributed by atoms with Gasteiger partial charge in [0.1, 0.15) is 0 Å². The number of rotatable bonds is 7. The Morgan fingerprint density at radius 1 is 0.818 bits per heavy atom. The zero-order valence-electron chi connectivity index (χ0n) is 18.2. The number of nitrogens with two attached hydrogens (primary N) is 1. The predicted molar refractivity (Wildman–Crippen MR) is 125 cm³/mol. The number of nitrogens with zero attached hydrogens (tertiary/aromatic N) is 2. The van der Waals surface area contributed by atoms with Crippen molar-refractivity contribution < 1.29 is 14.7 Å². The summed E-state index contributed by atoms with van der Waals surface area (Å²) in [5.41, 5.74) is 8.88.